The molecule has 4 heteroatoms. The van der Waals surface area contributed by atoms with Crippen LogP contribution in [0.5, 0.6) is 0 Å². The summed E-state index contributed by atoms with van der Waals surface area (Å²) < 4.78 is 6.03. The number of aryl methyl sites for hydroxylation is 2. The largest absolute Gasteiger partial charge is 0.461 e. The average Bonchev–Trinajstić information content (AvgIpc) is 3.27. The molecule has 0 bridgehead atoms. The predicted octanol–water partition coefficient (Wildman–Crippen LogP) is 4.68. The first-order chi connectivity index (χ1) is 13.8. The van der Waals surface area contributed by atoms with E-state index in [2.05, 4.69) is 28.4 Å². The lowest BCUT2D eigenvalue weighted by Gasteiger charge is -2.26. The Bertz CT molecular complexity index is 895. The second-order valence-corrected chi connectivity index (χ2v) is 8.35. The molecule has 1 fully saturated rings. The summed E-state index contributed by atoms with van der Waals surface area (Å²) >= 11 is 0. The van der Waals surface area contributed by atoms with Crippen LogP contribution in [0.25, 0.3) is 11.6 Å². The van der Waals surface area contributed by atoms with Crippen molar-refractivity contribution in [1.82, 2.24) is 4.90 Å². The molecule has 1 aliphatic carbocycles. The standard InChI is InChI=1S/C24H28N2O2/c27-24-21(16-19-15-18-6-2-3-7-23(18)28-19)20-14-17(8-9-22(20)25-24)10-13-26-11-4-1-5-12-26/h8-9,14-16H,1-7,10-13H2,(H,25,27). The molecule has 3 heterocycles. The van der Waals surface area contributed by atoms with E-state index in [1.807, 2.05) is 12.1 Å². The van der Waals surface area contributed by atoms with Gasteiger partial charge in [-0.25, -0.2) is 0 Å². The molecule has 0 atom stereocenters. The lowest BCUT2D eigenvalue weighted by molar-refractivity contribution is -0.110. The van der Waals surface area contributed by atoms with Crippen LogP contribution in [0.2, 0.25) is 0 Å². The van der Waals surface area contributed by atoms with Gasteiger partial charge in [0.1, 0.15) is 11.5 Å². The number of amides is 1. The SMILES string of the molecule is O=C1Nc2ccc(CCN3CCCCC3)cc2C1=Cc1cc2c(o1)CCCC2. The van der Waals surface area contributed by atoms with Crippen LogP contribution in [0.4, 0.5) is 5.69 Å². The maximum Gasteiger partial charge on any atom is 0.256 e. The summed E-state index contributed by atoms with van der Waals surface area (Å²) in [5.41, 5.74) is 5.25. The summed E-state index contributed by atoms with van der Waals surface area (Å²) in [4.78, 5) is 15.1. The lowest BCUT2D eigenvalue weighted by atomic mass is 9.98. The van der Waals surface area contributed by atoms with Gasteiger partial charge in [-0.1, -0.05) is 12.5 Å². The van der Waals surface area contributed by atoms with E-state index in [1.54, 1.807) is 0 Å². The van der Waals surface area contributed by atoms with Gasteiger partial charge >= 0.3 is 0 Å². The Morgan fingerprint density at radius 3 is 2.75 bits per heavy atom. The number of nitrogens with one attached hydrogen (secondary N) is 1. The maximum atomic E-state index is 12.6. The molecule has 1 aromatic heterocycles. The van der Waals surface area contributed by atoms with Crippen molar-refractivity contribution < 1.29 is 9.21 Å². The van der Waals surface area contributed by atoms with Crippen LogP contribution in [0.1, 0.15) is 60.3 Å². The van der Waals surface area contributed by atoms with Gasteiger partial charge in [0.25, 0.3) is 5.91 Å². The van der Waals surface area contributed by atoms with Gasteiger partial charge in [-0.2, -0.15) is 0 Å². The minimum atomic E-state index is -0.0300. The third-order valence-corrected chi connectivity index (χ3v) is 6.33. The minimum absolute atomic E-state index is 0.0300. The van der Waals surface area contributed by atoms with Crippen molar-refractivity contribution in [1.29, 1.82) is 0 Å². The van der Waals surface area contributed by atoms with Crippen LogP contribution in [-0.2, 0) is 24.1 Å². The van der Waals surface area contributed by atoms with Crippen molar-refractivity contribution in [3.63, 3.8) is 0 Å². The van der Waals surface area contributed by atoms with Gasteiger partial charge in [0.15, 0.2) is 0 Å². The Labute approximate surface area is 166 Å². The molecule has 0 saturated carbocycles. The molecular formula is C24H28N2O2. The molecule has 0 unspecified atom stereocenters. The number of furan rings is 1. The average molecular weight is 377 g/mol. The number of piperidine rings is 1. The Morgan fingerprint density at radius 2 is 1.89 bits per heavy atom. The summed E-state index contributed by atoms with van der Waals surface area (Å²) in [6, 6.07) is 8.50. The van der Waals surface area contributed by atoms with Gasteiger partial charge in [0.2, 0.25) is 0 Å². The van der Waals surface area contributed by atoms with Crippen molar-refractivity contribution in [3.8, 4) is 0 Å². The van der Waals surface area contributed by atoms with E-state index in [-0.39, 0.29) is 5.91 Å². The Hall–Kier alpha value is -2.33. The monoisotopic (exact) mass is 376 g/mol. The van der Waals surface area contributed by atoms with E-state index in [0.29, 0.717) is 0 Å². The Balaban J connectivity index is 1.37. The summed E-state index contributed by atoms with van der Waals surface area (Å²) in [7, 11) is 0. The van der Waals surface area contributed by atoms with E-state index < -0.39 is 0 Å². The lowest BCUT2D eigenvalue weighted by Crippen LogP contribution is -2.31. The van der Waals surface area contributed by atoms with Gasteiger partial charge in [0.05, 0.1) is 5.57 Å². The topological polar surface area (TPSA) is 45.5 Å². The number of hydrogen-bond acceptors (Lipinski definition) is 3. The van der Waals surface area contributed by atoms with Crippen LogP contribution in [-0.4, -0.2) is 30.4 Å². The number of benzene rings is 1. The number of anilines is 1. The number of hydrogen-bond donors (Lipinski definition) is 1. The summed E-state index contributed by atoms with van der Waals surface area (Å²) in [6.45, 7) is 3.54. The van der Waals surface area contributed by atoms with Crippen LogP contribution in [0.3, 0.4) is 0 Å². The van der Waals surface area contributed by atoms with Gasteiger partial charge in [-0.3, -0.25) is 4.79 Å². The van der Waals surface area contributed by atoms with Gasteiger partial charge in [-0.05, 0) is 87.0 Å². The second kappa shape index (κ2) is 7.59. The number of carbonyl (C=O) groups excluding carboxylic acids is 1. The zero-order chi connectivity index (χ0) is 18.9. The molecule has 4 nitrogen and oxygen atoms in total. The van der Waals surface area contributed by atoms with Crippen LogP contribution >= 0.6 is 0 Å². The van der Waals surface area contributed by atoms with Crippen LogP contribution in [0.15, 0.2) is 28.7 Å². The van der Waals surface area contributed by atoms with Crippen molar-refractivity contribution in [2.24, 2.45) is 0 Å². The highest BCUT2D eigenvalue weighted by molar-refractivity contribution is 6.34. The summed E-state index contributed by atoms with van der Waals surface area (Å²) in [6.07, 6.45) is 11.5. The summed E-state index contributed by atoms with van der Waals surface area (Å²) in [5.74, 6) is 1.88. The highest BCUT2D eigenvalue weighted by Gasteiger charge is 2.25. The second-order valence-electron chi connectivity index (χ2n) is 8.35. The number of nitrogens with zero attached hydrogens (tertiary/aromatic N) is 1. The molecule has 3 aliphatic rings. The Kier molecular flexibility index (Phi) is 4.81. The molecule has 146 valence electrons. The highest BCUT2D eigenvalue weighted by atomic mass is 16.3. The molecule has 1 aromatic carbocycles. The van der Waals surface area contributed by atoms with Crippen LogP contribution in [0, 0.1) is 0 Å². The predicted molar refractivity (Wildman–Crippen MR) is 112 cm³/mol. The smallest absolute Gasteiger partial charge is 0.256 e. The third kappa shape index (κ3) is 3.53. The van der Waals surface area contributed by atoms with Crippen molar-refractivity contribution in [2.45, 2.75) is 51.4 Å². The number of rotatable bonds is 4. The first kappa shape index (κ1) is 17.7. The first-order valence-corrected chi connectivity index (χ1v) is 10.8. The number of fused-ring (bicyclic) bond motifs is 2. The molecule has 2 aromatic rings. The quantitative estimate of drug-likeness (QED) is 0.788. The first-order valence-electron chi connectivity index (χ1n) is 10.8. The fraction of sp³-hybridized carbons (Fsp3) is 0.458. The van der Waals surface area contributed by atoms with E-state index >= 15 is 0 Å². The van der Waals surface area contributed by atoms with Crippen molar-refractivity contribution in [2.75, 3.05) is 25.0 Å². The molecular weight excluding hydrogens is 348 g/mol. The molecule has 2 aliphatic heterocycles. The number of carbonyl (C=O) groups is 1. The molecule has 1 saturated heterocycles. The molecule has 1 amide bonds. The summed E-state index contributed by atoms with van der Waals surface area (Å²) in [5, 5.41) is 3.00. The fourth-order valence-electron chi connectivity index (χ4n) is 4.73. The Morgan fingerprint density at radius 1 is 1.04 bits per heavy atom. The van der Waals surface area contributed by atoms with E-state index in [9.17, 15) is 4.79 Å². The highest BCUT2D eigenvalue weighted by Crippen LogP contribution is 2.35. The van der Waals surface area contributed by atoms with E-state index in [0.717, 1.165) is 54.2 Å². The van der Waals surface area contributed by atoms with Crippen molar-refractivity contribution >= 4 is 23.2 Å². The molecule has 28 heavy (non-hydrogen) atoms. The van der Waals surface area contributed by atoms with E-state index in [4.69, 9.17) is 4.42 Å². The normalized spacial score (nSPS) is 20.9. The van der Waals surface area contributed by atoms with Gasteiger partial charge in [0, 0.05) is 24.2 Å². The van der Waals surface area contributed by atoms with Crippen molar-refractivity contribution in [3.05, 3.63) is 52.5 Å². The van der Waals surface area contributed by atoms with Gasteiger partial charge < -0.3 is 14.6 Å². The molecule has 1 N–H and O–H groups in total. The van der Waals surface area contributed by atoms with Gasteiger partial charge in [-0.15, -0.1) is 0 Å². The maximum absolute atomic E-state index is 12.6. The molecule has 0 radical (unpaired) electrons. The fourth-order valence-corrected chi connectivity index (χ4v) is 4.73. The zero-order valence-corrected chi connectivity index (χ0v) is 16.4. The number of likely N-dealkylation sites (tertiary alicyclic amines) is 1. The molecule has 5 rings (SSSR count). The van der Waals surface area contributed by atoms with Crippen LogP contribution < -0.4 is 5.32 Å². The zero-order valence-electron chi connectivity index (χ0n) is 16.4. The van der Waals surface area contributed by atoms with E-state index in [1.165, 1.54) is 56.3 Å². The minimum Gasteiger partial charge on any atom is -0.461 e. The third-order valence-electron chi connectivity index (χ3n) is 6.33. The molecule has 0 spiro atoms.